The molecule has 3 amide bonds. The van der Waals surface area contributed by atoms with Gasteiger partial charge in [-0.25, -0.2) is 13.6 Å². The van der Waals surface area contributed by atoms with Crippen molar-refractivity contribution in [1.82, 2.24) is 5.32 Å². The Morgan fingerprint density at radius 3 is 2.59 bits per heavy atom. The van der Waals surface area contributed by atoms with E-state index in [4.69, 9.17) is 10.5 Å². The quantitative estimate of drug-likeness (QED) is 0.677. The minimum Gasteiger partial charge on any atom is -0.452 e. The molecule has 4 N–H and O–H groups in total. The number of carbonyl (C=O) groups excluding carboxylic acids is 3. The number of halogens is 2. The predicted octanol–water partition coefficient (Wildman–Crippen LogP) is 0.893. The molecular weight excluding hydrogens is 300 g/mol. The Morgan fingerprint density at radius 2 is 2.00 bits per heavy atom. The number of rotatable bonds is 6. The summed E-state index contributed by atoms with van der Waals surface area (Å²) in [7, 11) is 0. The van der Waals surface area contributed by atoms with Crippen LogP contribution >= 0.6 is 0 Å². The molecule has 9 heteroatoms. The van der Waals surface area contributed by atoms with Gasteiger partial charge >= 0.3 is 12.0 Å². The minimum absolute atomic E-state index is 0.0326. The first-order chi connectivity index (χ1) is 10.3. The Hall–Kier alpha value is -2.71. The fourth-order valence-electron chi connectivity index (χ4n) is 1.42. The van der Waals surface area contributed by atoms with E-state index >= 15 is 0 Å². The molecule has 1 atom stereocenters. The van der Waals surface area contributed by atoms with E-state index in [-0.39, 0.29) is 18.7 Å². The fraction of sp³-hybridized carbons (Fsp3) is 0.308. The van der Waals surface area contributed by atoms with Crippen molar-refractivity contribution in [2.75, 3.05) is 11.9 Å². The molecule has 0 spiro atoms. The largest absolute Gasteiger partial charge is 0.452 e. The number of nitrogens with two attached hydrogens (primary N) is 1. The lowest BCUT2D eigenvalue weighted by Gasteiger charge is -2.14. The average Bonchev–Trinajstić information content (AvgIpc) is 2.41. The molecule has 0 radical (unpaired) electrons. The maximum Gasteiger partial charge on any atom is 0.312 e. The molecule has 0 saturated carbocycles. The van der Waals surface area contributed by atoms with Crippen molar-refractivity contribution in [1.29, 1.82) is 0 Å². The van der Waals surface area contributed by atoms with Gasteiger partial charge in [-0.2, -0.15) is 0 Å². The zero-order valence-electron chi connectivity index (χ0n) is 11.7. The Morgan fingerprint density at radius 1 is 1.32 bits per heavy atom. The highest BCUT2D eigenvalue weighted by Gasteiger charge is 2.19. The number of esters is 1. The number of hydrogen-bond acceptors (Lipinski definition) is 4. The highest BCUT2D eigenvalue weighted by molar-refractivity contribution is 5.95. The molecule has 0 heterocycles. The fourth-order valence-corrected chi connectivity index (χ4v) is 1.42. The van der Waals surface area contributed by atoms with Crippen LogP contribution in [0.5, 0.6) is 0 Å². The molecule has 7 nitrogen and oxygen atoms in total. The molecule has 0 unspecified atom stereocenters. The Labute approximate surface area is 124 Å². The zero-order chi connectivity index (χ0) is 16.7. The highest BCUT2D eigenvalue weighted by Crippen LogP contribution is 2.15. The topological polar surface area (TPSA) is 111 Å². The molecule has 120 valence electrons. The van der Waals surface area contributed by atoms with Crippen LogP contribution < -0.4 is 16.4 Å². The summed E-state index contributed by atoms with van der Waals surface area (Å²) in [5.41, 5.74) is 4.58. The molecule has 0 aliphatic rings. The first kappa shape index (κ1) is 17.3. The van der Waals surface area contributed by atoms with Crippen molar-refractivity contribution in [3.8, 4) is 0 Å². The number of hydrogen-bond donors (Lipinski definition) is 3. The van der Waals surface area contributed by atoms with Gasteiger partial charge in [0.15, 0.2) is 6.10 Å². The summed E-state index contributed by atoms with van der Waals surface area (Å²) < 4.78 is 30.9. The second kappa shape index (κ2) is 7.91. The molecule has 0 fully saturated rings. The standard InChI is InChI=1S/C13H15F2N3O4/c1-7(22-11(19)4-5-17-13(16)21)12(20)18-10-3-2-8(14)6-9(10)15/h2-3,6-7H,4-5H2,1H3,(H,18,20)(H3,16,17,21)/t7-/m0/s1. The molecule has 1 aromatic carbocycles. The van der Waals surface area contributed by atoms with Gasteiger partial charge in [0.1, 0.15) is 11.6 Å². The van der Waals surface area contributed by atoms with Gasteiger partial charge in [-0.15, -0.1) is 0 Å². The first-order valence-corrected chi connectivity index (χ1v) is 6.28. The SMILES string of the molecule is C[C@H](OC(=O)CCNC(N)=O)C(=O)Nc1ccc(F)cc1F. The van der Waals surface area contributed by atoms with Crippen molar-refractivity contribution >= 4 is 23.6 Å². The lowest BCUT2D eigenvalue weighted by Crippen LogP contribution is -2.33. The molecule has 0 saturated heterocycles. The van der Waals surface area contributed by atoms with E-state index in [2.05, 4.69) is 10.6 Å². The summed E-state index contributed by atoms with van der Waals surface area (Å²) in [6.45, 7) is 1.26. The van der Waals surface area contributed by atoms with Crippen LogP contribution in [-0.4, -0.2) is 30.6 Å². The summed E-state index contributed by atoms with van der Waals surface area (Å²) in [4.78, 5) is 33.5. The number of ether oxygens (including phenoxy) is 1. The summed E-state index contributed by atoms with van der Waals surface area (Å²) in [5, 5.41) is 4.35. The van der Waals surface area contributed by atoms with Crippen LogP contribution in [0.3, 0.4) is 0 Å². The molecule has 1 rings (SSSR count). The summed E-state index contributed by atoms with van der Waals surface area (Å²) in [6.07, 6.45) is -1.36. The maximum absolute atomic E-state index is 13.4. The van der Waals surface area contributed by atoms with Crippen LogP contribution in [0.25, 0.3) is 0 Å². The van der Waals surface area contributed by atoms with E-state index in [1.165, 1.54) is 6.92 Å². The third-order valence-electron chi connectivity index (χ3n) is 2.49. The lowest BCUT2D eigenvalue weighted by atomic mass is 10.2. The second-order valence-electron chi connectivity index (χ2n) is 4.29. The van der Waals surface area contributed by atoms with E-state index in [1.807, 2.05) is 0 Å². The predicted molar refractivity (Wildman–Crippen MR) is 72.7 cm³/mol. The number of benzene rings is 1. The second-order valence-corrected chi connectivity index (χ2v) is 4.29. The number of primary amides is 1. The third kappa shape index (κ3) is 5.73. The molecule has 0 bridgehead atoms. The Bertz CT molecular complexity index is 580. The van der Waals surface area contributed by atoms with E-state index < -0.39 is 35.6 Å². The monoisotopic (exact) mass is 315 g/mol. The van der Waals surface area contributed by atoms with Crippen LogP contribution in [0.1, 0.15) is 13.3 Å². The van der Waals surface area contributed by atoms with Crippen molar-refractivity contribution in [2.24, 2.45) is 5.73 Å². The molecule has 0 aromatic heterocycles. The molecule has 1 aromatic rings. The van der Waals surface area contributed by atoms with Gasteiger partial charge in [-0.1, -0.05) is 0 Å². The maximum atomic E-state index is 13.4. The Kier molecular flexibility index (Phi) is 6.24. The Balaban J connectivity index is 2.47. The lowest BCUT2D eigenvalue weighted by molar-refractivity contribution is -0.153. The van der Waals surface area contributed by atoms with Crippen LogP contribution in [0.15, 0.2) is 18.2 Å². The number of carbonyl (C=O) groups is 3. The van der Waals surface area contributed by atoms with Gasteiger partial charge in [0, 0.05) is 12.6 Å². The van der Waals surface area contributed by atoms with E-state index in [1.54, 1.807) is 0 Å². The van der Waals surface area contributed by atoms with Gasteiger partial charge in [0.2, 0.25) is 0 Å². The van der Waals surface area contributed by atoms with Crippen LogP contribution in [0.4, 0.5) is 19.3 Å². The van der Waals surface area contributed by atoms with Gasteiger partial charge < -0.3 is 21.1 Å². The van der Waals surface area contributed by atoms with Crippen molar-refractivity contribution in [3.05, 3.63) is 29.8 Å². The summed E-state index contributed by atoms with van der Waals surface area (Å²) >= 11 is 0. The van der Waals surface area contributed by atoms with Crippen molar-refractivity contribution < 1.29 is 27.9 Å². The van der Waals surface area contributed by atoms with Crippen molar-refractivity contribution in [3.63, 3.8) is 0 Å². The molecule has 0 aliphatic heterocycles. The third-order valence-corrected chi connectivity index (χ3v) is 2.49. The zero-order valence-corrected chi connectivity index (χ0v) is 11.7. The first-order valence-electron chi connectivity index (χ1n) is 6.28. The molecular formula is C13H15F2N3O4. The van der Waals surface area contributed by atoms with Gasteiger partial charge in [-0.3, -0.25) is 9.59 Å². The van der Waals surface area contributed by atoms with Crippen LogP contribution in [-0.2, 0) is 14.3 Å². The number of anilines is 1. The van der Waals surface area contributed by atoms with E-state index in [0.717, 1.165) is 12.1 Å². The van der Waals surface area contributed by atoms with Gasteiger partial charge in [0.05, 0.1) is 12.1 Å². The highest BCUT2D eigenvalue weighted by atomic mass is 19.1. The summed E-state index contributed by atoms with van der Waals surface area (Å²) in [5.74, 6) is -3.24. The van der Waals surface area contributed by atoms with Gasteiger partial charge in [0.25, 0.3) is 5.91 Å². The normalized spacial score (nSPS) is 11.4. The number of nitrogens with one attached hydrogen (secondary N) is 2. The van der Waals surface area contributed by atoms with E-state index in [9.17, 15) is 23.2 Å². The average molecular weight is 315 g/mol. The smallest absolute Gasteiger partial charge is 0.312 e. The van der Waals surface area contributed by atoms with Gasteiger partial charge in [-0.05, 0) is 19.1 Å². The van der Waals surface area contributed by atoms with E-state index in [0.29, 0.717) is 6.07 Å². The van der Waals surface area contributed by atoms with Crippen LogP contribution in [0.2, 0.25) is 0 Å². The van der Waals surface area contributed by atoms with Crippen molar-refractivity contribution in [2.45, 2.75) is 19.4 Å². The van der Waals surface area contributed by atoms with Crippen LogP contribution in [0, 0.1) is 11.6 Å². The number of urea groups is 1. The minimum atomic E-state index is -1.19. The molecule has 22 heavy (non-hydrogen) atoms. The molecule has 0 aliphatic carbocycles. The number of amides is 3. The summed E-state index contributed by atoms with van der Waals surface area (Å²) in [6, 6.07) is 1.85.